The number of rotatable bonds is 5. The minimum atomic E-state index is -0.670. The highest BCUT2D eigenvalue weighted by Gasteiger charge is 2.12. The fraction of sp³-hybridized carbons (Fsp3) is 0.0588. The van der Waals surface area contributed by atoms with Crippen LogP contribution in [0.5, 0.6) is 11.5 Å². The molecule has 0 fully saturated rings. The van der Waals surface area contributed by atoms with Crippen LogP contribution in [0, 0.1) is 5.82 Å². The van der Waals surface area contributed by atoms with Crippen LogP contribution in [0.15, 0.2) is 48.5 Å². The van der Waals surface area contributed by atoms with Crippen molar-refractivity contribution < 1.29 is 23.5 Å². The van der Waals surface area contributed by atoms with Crippen LogP contribution in [0.3, 0.4) is 0 Å². The Bertz CT molecular complexity index is 705. The Morgan fingerprint density at radius 2 is 1.86 bits per heavy atom. The van der Waals surface area contributed by atoms with E-state index in [1.807, 2.05) is 0 Å². The minimum Gasteiger partial charge on any atom is -0.493 e. The fourth-order valence-corrected chi connectivity index (χ4v) is 1.77. The first-order valence-electron chi connectivity index (χ1n) is 6.41. The molecule has 0 radical (unpaired) electrons. The van der Waals surface area contributed by atoms with Gasteiger partial charge < -0.3 is 9.47 Å². The maximum atomic E-state index is 12.8. The normalized spacial score (nSPS) is 10.5. The maximum absolute atomic E-state index is 12.8. The topological polar surface area (TPSA) is 52.6 Å². The number of methoxy groups -OCH3 is 1. The Labute approximate surface area is 126 Å². The number of esters is 1. The molecule has 0 heterocycles. The van der Waals surface area contributed by atoms with Gasteiger partial charge in [-0.15, -0.1) is 0 Å². The van der Waals surface area contributed by atoms with E-state index in [0.717, 1.165) is 0 Å². The van der Waals surface area contributed by atoms with E-state index in [1.54, 1.807) is 12.1 Å². The van der Waals surface area contributed by atoms with E-state index in [2.05, 4.69) is 0 Å². The van der Waals surface area contributed by atoms with Crippen molar-refractivity contribution >= 4 is 18.3 Å². The first-order chi connectivity index (χ1) is 10.6. The van der Waals surface area contributed by atoms with Crippen LogP contribution in [0.4, 0.5) is 4.39 Å². The monoisotopic (exact) mass is 300 g/mol. The van der Waals surface area contributed by atoms with E-state index in [9.17, 15) is 14.0 Å². The van der Waals surface area contributed by atoms with E-state index in [4.69, 9.17) is 9.47 Å². The minimum absolute atomic E-state index is 0.0637. The molecule has 0 aromatic heterocycles. The summed E-state index contributed by atoms with van der Waals surface area (Å²) in [5, 5.41) is 0. The zero-order valence-electron chi connectivity index (χ0n) is 11.8. The van der Waals surface area contributed by atoms with Gasteiger partial charge in [-0.1, -0.05) is 18.2 Å². The summed E-state index contributed by atoms with van der Waals surface area (Å²) in [5.41, 5.74) is 0.858. The molecule has 0 amide bonds. The third-order valence-electron chi connectivity index (χ3n) is 2.84. The second-order valence-corrected chi connectivity index (χ2v) is 4.30. The lowest BCUT2D eigenvalue weighted by molar-refractivity contribution is -0.129. The van der Waals surface area contributed by atoms with Gasteiger partial charge in [0, 0.05) is 6.08 Å². The van der Waals surface area contributed by atoms with Crippen LogP contribution in [0.25, 0.3) is 6.08 Å². The van der Waals surface area contributed by atoms with Crippen LogP contribution in [-0.4, -0.2) is 19.4 Å². The second kappa shape index (κ2) is 7.17. The van der Waals surface area contributed by atoms with E-state index in [0.29, 0.717) is 11.8 Å². The van der Waals surface area contributed by atoms with E-state index < -0.39 is 5.97 Å². The molecule has 0 aliphatic carbocycles. The predicted octanol–water partition coefficient (Wildman–Crippen LogP) is 3.27. The van der Waals surface area contributed by atoms with Crippen LogP contribution >= 0.6 is 0 Å². The van der Waals surface area contributed by atoms with Crippen molar-refractivity contribution in [2.75, 3.05) is 7.11 Å². The summed E-state index contributed by atoms with van der Waals surface area (Å²) in [7, 11) is 1.41. The molecule has 0 aliphatic rings. The molecule has 0 bridgehead atoms. The molecule has 0 saturated heterocycles. The summed E-state index contributed by atoms with van der Waals surface area (Å²) in [6.07, 6.45) is 3.25. The highest BCUT2D eigenvalue weighted by Crippen LogP contribution is 2.30. The molecule has 2 aromatic carbocycles. The number of hydrogen-bond donors (Lipinski definition) is 0. The Morgan fingerprint density at radius 1 is 1.14 bits per heavy atom. The van der Waals surface area contributed by atoms with Gasteiger partial charge in [-0.3, -0.25) is 4.79 Å². The van der Waals surface area contributed by atoms with Gasteiger partial charge in [0.05, 0.1) is 12.7 Å². The van der Waals surface area contributed by atoms with Crippen molar-refractivity contribution in [3.63, 3.8) is 0 Å². The molecule has 4 nitrogen and oxygen atoms in total. The Kier molecular flexibility index (Phi) is 5.03. The summed E-state index contributed by atoms with van der Waals surface area (Å²) in [6, 6.07) is 10.3. The smallest absolute Gasteiger partial charge is 0.336 e. The average molecular weight is 300 g/mol. The third-order valence-corrected chi connectivity index (χ3v) is 2.84. The van der Waals surface area contributed by atoms with E-state index in [1.165, 1.54) is 49.6 Å². The molecule has 2 rings (SSSR count). The molecule has 0 saturated carbocycles. The standard InChI is InChI=1S/C17H13FO4/c1-21-15-4-2-3-13(11-19)17(15)22-16(20)10-7-12-5-8-14(18)9-6-12/h2-11H,1H3/b10-7+. The van der Waals surface area contributed by atoms with Crippen molar-refractivity contribution in [3.05, 3.63) is 65.5 Å². The third kappa shape index (κ3) is 3.79. The van der Waals surface area contributed by atoms with Gasteiger partial charge in [0.2, 0.25) is 0 Å². The number of benzene rings is 2. The number of halogens is 1. The Morgan fingerprint density at radius 3 is 2.50 bits per heavy atom. The van der Waals surface area contributed by atoms with Crippen molar-refractivity contribution in [3.8, 4) is 11.5 Å². The van der Waals surface area contributed by atoms with Gasteiger partial charge in [-0.05, 0) is 35.9 Å². The molecule has 112 valence electrons. The summed E-state index contributed by atoms with van der Waals surface area (Å²) >= 11 is 0. The fourth-order valence-electron chi connectivity index (χ4n) is 1.77. The number of carbonyl (C=O) groups excluding carboxylic acids is 2. The number of carbonyl (C=O) groups is 2. The maximum Gasteiger partial charge on any atom is 0.336 e. The zero-order valence-corrected chi connectivity index (χ0v) is 11.8. The molecule has 0 N–H and O–H groups in total. The van der Waals surface area contributed by atoms with Gasteiger partial charge in [-0.25, -0.2) is 9.18 Å². The summed E-state index contributed by atoms with van der Waals surface area (Å²) in [4.78, 5) is 22.8. The number of ether oxygens (including phenoxy) is 2. The average Bonchev–Trinajstić information content (AvgIpc) is 2.54. The molecule has 22 heavy (non-hydrogen) atoms. The van der Waals surface area contributed by atoms with Crippen LogP contribution in [0.2, 0.25) is 0 Å². The predicted molar refractivity (Wildman–Crippen MR) is 79.5 cm³/mol. The summed E-state index contributed by atoms with van der Waals surface area (Å²) < 4.78 is 23.0. The van der Waals surface area contributed by atoms with Gasteiger partial charge in [-0.2, -0.15) is 0 Å². The molecular weight excluding hydrogens is 287 g/mol. The molecule has 5 heteroatoms. The van der Waals surface area contributed by atoms with Gasteiger partial charge in [0.1, 0.15) is 5.82 Å². The highest BCUT2D eigenvalue weighted by molar-refractivity contribution is 5.91. The first-order valence-corrected chi connectivity index (χ1v) is 6.41. The number of aldehydes is 1. The van der Waals surface area contributed by atoms with Gasteiger partial charge in [0.15, 0.2) is 17.8 Å². The molecule has 0 aliphatic heterocycles. The Hall–Kier alpha value is -2.95. The Balaban J connectivity index is 2.15. The van der Waals surface area contributed by atoms with E-state index >= 15 is 0 Å². The SMILES string of the molecule is COc1cccc(C=O)c1OC(=O)/C=C/c1ccc(F)cc1. The number of para-hydroxylation sites is 1. The summed E-state index contributed by atoms with van der Waals surface area (Å²) in [5.74, 6) is -0.678. The molecule has 0 unspecified atom stereocenters. The molecule has 2 aromatic rings. The lowest BCUT2D eigenvalue weighted by atomic mass is 10.2. The van der Waals surface area contributed by atoms with Gasteiger partial charge in [0.25, 0.3) is 0 Å². The van der Waals surface area contributed by atoms with Crippen LogP contribution in [-0.2, 0) is 4.79 Å². The van der Waals surface area contributed by atoms with E-state index in [-0.39, 0.29) is 22.9 Å². The van der Waals surface area contributed by atoms with Crippen molar-refractivity contribution in [2.45, 2.75) is 0 Å². The largest absolute Gasteiger partial charge is 0.493 e. The van der Waals surface area contributed by atoms with Crippen molar-refractivity contribution in [1.82, 2.24) is 0 Å². The zero-order chi connectivity index (χ0) is 15.9. The lowest BCUT2D eigenvalue weighted by Crippen LogP contribution is -2.07. The van der Waals surface area contributed by atoms with Crippen LogP contribution < -0.4 is 9.47 Å². The lowest BCUT2D eigenvalue weighted by Gasteiger charge is -2.09. The second-order valence-electron chi connectivity index (χ2n) is 4.30. The summed E-state index contributed by atoms with van der Waals surface area (Å²) in [6.45, 7) is 0. The van der Waals surface area contributed by atoms with Crippen molar-refractivity contribution in [2.24, 2.45) is 0 Å². The van der Waals surface area contributed by atoms with Gasteiger partial charge >= 0.3 is 5.97 Å². The quantitative estimate of drug-likeness (QED) is 0.368. The molecular formula is C17H13FO4. The van der Waals surface area contributed by atoms with Crippen molar-refractivity contribution in [1.29, 1.82) is 0 Å². The highest BCUT2D eigenvalue weighted by atomic mass is 19.1. The van der Waals surface area contributed by atoms with Crippen LogP contribution in [0.1, 0.15) is 15.9 Å². The molecule has 0 spiro atoms. The molecule has 0 atom stereocenters. The number of hydrogen-bond acceptors (Lipinski definition) is 4. The first kappa shape index (κ1) is 15.4.